The maximum atomic E-state index is 12.3. The first kappa shape index (κ1) is 19.8. The molecule has 0 aromatic heterocycles. The first-order chi connectivity index (χ1) is 11.9. The van der Waals surface area contributed by atoms with Crippen molar-refractivity contribution in [3.05, 3.63) is 29.8 Å². The molecule has 0 saturated heterocycles. The van der Waals surface area contributed by atoms with Crippen LogP contribution < -0.4 is 9.62 Å². The lowest BCUT2D eigenvalue weighted by molar-refractivity contribution is -0.121. The van der Waals surface area contributed by atoms with Crippen molar-refractivity contribution in [3.63, 3.8) is 0 Å². The minimum absolute atomic E-state index is 0.0606. The maximum absolute atomic E-state index is 12.3. The second-order valence-electron chi connectivity index (χ2n) is 6.82. The summed E-state index contributed by atoms with van der Waals surface area (Å²) in [6.45, 7) is 2.17. The number of sulfonamides is 1. The van der Waals surface area contributed by atoms with Crippen molar-refractivity contribution in [2.24, 2.45) is 0 Å². The summed E-state index contributed by atoms with van der Waals surface area (Å²) in [5, 5.41) is 3.09. The smallest absolute Gasteiger partial charge is 0.232 e. The van der Waals surface area contributed by atoms with E-state index < -0.39 is 10.0 Å². The largest absolute Gasteiger partial charge is 0.353 e. The molecule has 1 saturated carbocycles. The number of benzene rings is 1. The maximum Gasteiger partial charge on any atom is 0.232 e. The topological polar surface area (TPSA) is 66.5 Å². The summed E-state index contributed by atoms with van der Waals surface area (Å²) in [6, 6.07) is 7.71. The van der Waals surface area contributed by atoms with E-state index in [0.717, 1.165) is 37.7 Å². The van der Waals surface area contributed by atoms with Crippen molar-refractivity contribution in [2.75, 3.05) is 17.1 Å². The van der Waals surface area contributed by atoms with Crippen LogP contribution in [0.2, 0.25) is 0 Å². The van der Waals surface area contributed by atoms with E-state index in [1.165, 1.54) is 23.4 Å². The van der Waals surface area contributed by atoms with Crippen molar-refractivity contribution in [3.8, 4) is 0 Å². The molecule has 0 unspecified atom stereocenters. The number of amides is 1. The van der Waals surface area contributed by atoms with Gasteiger partial charge in [-0.1, -0.05) is 50.8 Å². The number of aryl methyl sites for hydroxylation is 1. The molecule has 1 aliphatic rings. The molecular weight excluding hydrogens is 336 g/mol. The number of hydrogen-bond acceptors (Lipinski definition) is 3. The lowest BCUT2D eigenvalue weighted by Crippen LogP contribution is -2.38. The average Bonchev–Trinajstić information content (AvgIpc) is 2.83. The first-order valence-electron chi connectivity index (χ1n) is 9.26. The Morgan fingerprint density at radius 1 is 1.16 bits per heavy atom. The van der Waals surface area contributed by atoms with E-state index in [1.54, 1.807) is 0 Å². The van der Waals surface area contributed by atoms with Crippen molar-refractivity contribution in [2.45, 2.75) is 64.3 Å². The van der Waals surface area contributed by atoms with Crippen LogP contribution in [0.15, 0.2) is 24.3 Å². The van der Waals surface area contributed by atoms with E-state index >= 15 is 0 Å². The number of carbonyl (C=O) groups is 1. The van der Waals surface area contributed by atoms with Gasteiger partial charge in [-0.3, -0.25) is 9.10 Å². The monoisotopic (exact) mass is 366 g/mol. The second-order valence-corrected chi connectivity index (χ2v) is 8.73. The third kappa shape index (κ3) is 6.03. The molecule has 0 radical (unpaired) electrons. The van der Waals surface area contributed by atoms with E-state index in [1.807, 2.05) is 31.2 Å². The summed E-state index contributed by atoms with van der Waals surface area (Å²) in [5.74, 6) is -0.0606. The highest BCUT2D eigenvalue weighted by Crippen LogP contribution is 2.24. The Labute approximate surface area is 151 Å². The molecule has 5 nitrogen and oxygen atoms in total. The lowest BCUT2D eigenvalue weighted by atomic mass is 10.1. The van der Waals surface area contributed by atoms with E-state index in [4.69, 9.17) is 0 Å². The van der Waals surface area contributed by atoms with E-state index in [-0.39, 0.29) is 24.9 Å². The van der Waals surface area contributed by atoms with Gasteiger partial charge in [-0.15, -0.1) is 0 Å². The van der Waals surface area contributed by atoms with Gasteiger partial charge >= 0.3 is 0 Å². The van der Waals surface area contributed by atoms with Crippen LogP contribution in [-0.2, 0) is 21.2 Å². The standard InChI is InChI=1S/C19H30N2O3S/c1-3-16-10-8-9-13-18(16)21(25(2,23)24)15-14-19(22)20-17-11-6-4-5-7-12-17/h8-10,13,17H,3-7,11-12,14-15H2,1-2H3,(H,20,22). The predicted molar refractivity (Wildman–Crippen MR) is 102 cm³/mol. The number of para-hydroxylation sites is 1. The van der Waals surface area contributed by atoms with Gasteiger partial charge in [0.1, 0.15) is 0 Å². The Bertz CT molecular complexity index is 665. The molecule has 1 fully saturated rings. The summed E-state index contributed by atoms with van der Waals surface area (Å²) >= 11 is 0. The van der Waals surface area contributed by atoms with Gasteiger partial charge in [0.25, 0.3) is 0 Å². The number of nitrogens with one attached hydrogen (secondary N) is 1. The third-order valence-electron chi connectivity index (χ3n) is 4.80. The Hall–Kier alpha value is -1.56. The van der Waals surface area contributed by atoms with Gasteiger partial charge in [-0.05, 0) is 30.9 Å². The molecule has 0 heterocycles. The average molecular weight is 367 g/mol. The van der Waals surface area contributed by atoms with Crippen LogP contribution in [0.1, 0.15) is 57.4 Å². The number of carbonyl (C=O) groups excluding carboxylic acids is 1. The molecule has 0 bridgehead atoms. The molecule has 1 aromatic rings. The Kier molecular flexibility index (Phi) is 7.29. The van der Waals surface area contributed by atoms with Crippen LogP contribution in [0.4, 0.5) is 5.69 Å². The van der Waals surface area contributed by atoms with Crippen LogP contribution >= 0.6 is 0 Å². The number of rotatable bonds is 7. The van der Waals surface area contributed by atoms with Gasteiger partial charge in [-0.25, -0.2) is 8.42 Å². The quantitative estimate of drug-likeness (QED) is 0.753. The number of anilines is 1. The zero-order valence-electron chi connectivity index (χ0n) is 15.3. The Morgan fingerprint density at radius 2 is 1.80 bits per heavy atom. The number of nitrogens with zero attached hydrogens (tertiary/aromatic N) is 1. The van der Waals surface area contributed by atoms with Crippen LogP contribution in [0.5, 0.6) is 0 Å². The van der Waals surface area contributed by atoms with Crippen molar-refractivity contribution in [1.82, 2.24) is 5.32 Å². The first-order valence-corrected chi connectivity index (χ1v) is 11.1. The normalized spacial score (nSPS) is 16.2. The minimum atomic E-state index is -3.43. The van der Waals surface area contributed by atoms with Gasteiger partial charge in [0.05, 0.1) is 11.9 Å². The van der Waals surface area contributed by atoms with Crippen molar-refractivity contribution in [1.29, 1.82) is 0 Å². The molecule has 1 N–H and O–H groups in total. The van der Waals surface area contributed by atoms with Crippen LogP contribution in [0.25, 0.3) is 0 Å². The third-order valence-corrected chi connectivity index (χ3v) is 5.98. The summed E-state index contributed by atoms with van der Waals surface area (Å²) in [4.78, 5) is 12.3. The summed E-state index contributed by atoms with van der Waals surface area (Å²) < 4.78 is 25.8. The van der Waals surface area contributed by atoms with Crippen LogP contribution in [0.3, 0.4) is 0 Å². The molecular formula is C19H30N2O3S. The minimum Gasteiger partial charge on any atom is -0.353 e. The lowest BCUT2D eigenvalue weighted by Gasteiger charge is -2.25. The second kappa shape index (κ2) is 9.22. The fourth-order valence-corrected chi connectivity index (χ4v) is 4.40. The molecule has 1 aromatic carbocycles. The van der Waals surface area contributed by atoms with E-state index in [2.05, 4.69) is 5.32 Å². The predicted octanol–water partition coefficient (Wildman–Crippen LogP) is 3.24. The summed E-state index contributed by atoms with van der Waals surface area (Å²) in [5.41, 5.74) is 1.65. The molecule has 1 amide bonds. The van der Waals surface area contributed by atoms with Gasteiger partial charge in [0.15, 0.2) is 0 Å². The molecule has 140 valence electrons. The highest BCUT2D eigenvalue weighted by atomic mass is 32.2. The van der Waals surface area contributed by atoms with Crippen molar-refractivity contribution < 1.29 is 13.2 Å². The van der Waals surface area contributed by atoms with Gasteiger partial charge in [-0.2, -0.15) is 0 Å². The number of hydrogen-bond donors (Lipinski definition) is 1. The fourth-order valence-electron chi connectivity index (χ4n) is 3.44. The highest BCUT2D eigenvalue weighted by molar-refractivity contribution is 7.92. The molecule has 1 aliphatic carbocycles. The van der Waals surface area contributed by atoms with Crippen molar-refractivity contribution >= 4 is 21.6 Å². The molecule has 0 aliphatic heterocycles. The fraction of sp³-hybridized carbons (Fsp3) is 0.632. The zero-order valence-corrected chi connectivity index (χ0v) is 16.1. The summed E-state index contributed by atoms with van der Waals surface area (Å²) in [6.07, 6.45) is 8.97. The molecule has 6 heteroatoms. The van der Waals surface area contributed by atoms with E-state index in [9.17, 15) is 13.2 Å². The van der Waals surface area contributed by atoms with Gasteiger partial charge < -0.3 is 5.32 Å². The molecule has 2 rings (SSSR count). The Balaban J connectivity index is 2.02. The molecule has 0 spiro atoms. The van der Waals surface area contributed by atoms with Crippen LogP contribution in [-0.4, -0.2) is 33.2 Å². The zero-order chi connectivity index (χ0) is 18.3. The molecule has 0 atom stereocenters. The SMILES string of the molecule is CCc1ccccc1N(CCC(=O)NC1CCCCCC1)S(C)(=O)=O. The van der Waals surface area contributed by atoms with Gasteiger partial charge in [0, 0.05) is 19.0 Å². The van der Waals surface area contributed by atoms with E-state index in [0.29, 0.717) is 5.69 Å². The Morgan fingerprint density at radius 3 is 2.40 bits per heavy atom. The van der Waals surface area contributed by atoms with Crippen LogP contribution in [0, 0.1) is 0 Å². The van der Waals surface area contributed by atoms with Gasteiger partial charge in [0.2, 0.25) is 15.9 Å². The highest BCUT2D eigenvalue weighted by Gasteiger charge is 2.21. The summed E-state index contributed by atoms with van der Waals surface area (Å²) in [7, 11) is -3.43. The molecule has 25 heavy (non-hydrogen) atoms.